The van der Waals surface area contributed by atoms with Crippen molar-refractivity contribution in [3.05, 3.63) is 5.69 Å². The number of rotatable bonds is 2. The molecule has 0 aliphatic rings. The summed E-state index contributed by atoms with van der Waals surface area (Å²) in [7, 11) is 5.51. The summed E-state index contributed by atoms with van der Waals surface area (Å²) in [4.78, 5) is 5.95. The summed E-state index contributed by atoms with van der Waals surface area (Å²) in [6.45, 7) is 1.90. The van der Waals surface area contributed by atoms with Crippen LogP contribution in [0.4, 0.5) is 5.95 Å². The number of nitrogens with zero attached hydrogens (tertiary/aromatic N) is 6. The van der Waals surface area contributed by atoms with E-state index in [2.05, 4.69) is 20.5 Å². The molecule has 2 rings (SSSR count). The molecule has 0 aliphatic heterocycles. The molecule has 0 spiro atoms. The first-order valence-electron chi connectivity index (χ1n) is 4.47. The summed E-state index contributed by atoms with van der Waals surface area (Å²) in [6, 6.07) is 0. The average Bonchev–Trinajstić information content (AvgIpc) is 2.76. The first-order valence-corrected chi connectivity index (χ1v) is 4.47. The highest BCUT2D eigenvalue weighted by atomic mass is 16.5. The Labute approximate surface area is 86.7 Å². The molecule has 2 aromatic rings. The van der Waals surface area contributed by atoms with Crippen LogP contribution in [0.15, 0.2) is 4.52 Å². The van der Waals surface area contributed by atoms with Crippen LogP contribution in [-0.2, 0) is 7.05 Å². The molecule has 0 fully saturated rings. The summed E-state index contributed by atoms with van der Waals surface area (Å²) in [5, 5.41) is 11.6. The van der Waals surface area contributed by atoms with E-state index < -0.39 is 0 Å². The molecule has 7 heteroatoms. The number of anilines is 1. The van der Waals surface area contributed by atoms with Crippen molar-refractivity contribution in [2.75, 3.05) is 19.0 Å². The monoisotopic (exact) mass is 208 g/mol. The van der Waals surface area contributed by atoms with Gasteiger partial charge in [0, 0.05) is 21.1 Å². The van der Waals surface area contributed by atoms with Crippen molar-refractivity contribution in [1.29, 1.82) is 0 Å². The molecule has 15 heavy (non-hydrogen) atoms. The van der Waals surface area contributed by atoms with Gasteiger partial charge in [0.15, 0.2) is 5.69 Å². The Balaban J connectivity index is 2.41. The Kier molecular flexibility index (Phi) is 2.14. The molecule has 2 heterocycles. The Bertz CT molecular complexity index is 471. The molecule has 0 N–H and O–H groups in total. The number of hydrogen-bond donors (Lipinski definition) is 0. The first kappa shape index (κ1) is 9.63. The topological polar surface area (TPSA) is 72.9 Å². The lowest BCUT2D eigenvalue weighted by Crippen LogP contribution is -2.10. The molecule has 0 unspecified atom stereocenters. The third kappa shape index (κ3) is 1.56. The van der Waals surface area contributed by atoms with E-state index in [0.717, 1.165) is 5.69 Å². The van der Waals surface area contributed by atoms with Gasteiger partial charge < -0.3 is 9.42 Å². The maximum absolute atomic E-state index is 5.09. The molecule has 0 saturated heterocycles. The molecule has 0 aromatic carbocycles. The van der Waals surface area contributed by atoms with E-state index in [9.17, 15) is 0 Å². The third-order valence-corrected chi connectivity index (χ3v) is 2.12. The van der Waals surface area contributed by atoms with Gasteiger partial charge in [-0.25, -0.2) is 0 Å². The summed E-state index contributed by atoms with van der Waals surface area (Å²) in [5.74, 6) is 0.916. The second kappa shape index (κ2) is 3.34. The van der Waals surface area contributed by atoms with Crippen LogP contribution in [0.2, 0.25) is 0 Å². The molecule has 0 atom stereocenters. The SMILES string of the molecule is Cc1c(-c2nc(N(C)C)no2)nnn1C. The van der Waals surface area contributed by atoms with Crippen LogP contribution in [0.5, 0.6) is 0 Å². The Morgan fingerprint density at radius 3 is 2.53 bits per heavy atom. The van der Waals surface area contributed by atoms with Crippen molar-refractivity contribution in [2.24, 2.45) is 7.05 Å². The van der Waals surface area contributed by atoms with Crippen molar-refractivity contribution in [2.45, 2.75) is 6.92 Å². The molecule has 80 valence electrons. The van der Waals surface area contributed by atoms with Crippen molar-refractivity contribution in [3.8, 4) is 11.6 Å². The van der Waals surface area contributed by atoms with E-state index in [-0.39, 0.29) is 0 Å². The van der Waals surface area contributed by atoms with Crippen molar-refractivity contribution < 1.29 is 4.52 Å². The molecule has 0 aliphatic carbocycles. The molecule has 2 aromatic heterocycles. The smallest absolute Gasteiger partial charge is 0.281 e. The molecular weight excluding hydrogens is 196 g/mol. The molecule has 0 saturated carbocycles. The summed E-state index contributed by atoms with van der Waals surface area (Å²) < 4.78 is 6.75. The maximum atomic E-state index is 5.09. The van der Waals surface area contributed by atoms with Gasteiger partial charge in [0.25, 0.3) is 11.8 Å². The predicted octanol–water partition coefficient (Wildman–Crippen LogP) is 0.240. The molecule has 0 bridgehead atoms. The third-order valence-electron chi connectivity index (χ3n) is 2.12. The number of hydrogen-bond acceptors (Lipinski definition) is 6. The number of aromatic nitrogens is 5. The summed E-state index contributed by atoms with van der Waals surface area (Å²) in [5.41, 5.74) is 1.52. The lowest BCUT2D eigenvalue weighted by Gasteiger charge is -2.02. The van der Waals surface area contributed by atoms with Gasteiger partial charge >= 0.3 is 0 Å². The zero-order chi connectivity index (χ0) is 11.0. The fourth-order valence-electron chi connectivity index (χ4n) is 1.10. The van der Waals surface area contributed by atoms with E-state index >= 15 is 0 Å². The van der Waals surface area contributed by atoms with Gasteiger partial charge in [0.05, 0.1) is 5.69 Å². The second-order valence-corrected chi connectivity index (χ2v) is 3.44. The van der Waals surface area contributed by atoms with Crippen molar-refractivity contribution in [3.63, 3.8) is 0 Å². The van der Waals surface area contributed by atoms with E-state index in [1.807, 2.05) is 28.1 Å². The van der Waals surface area contributed by atoms with E-state index in [0.29, 0.717) is 17.5 Å². The largest absolute Gasteiger partial charge is 0.344 e. The lowest BCUT2D eigenvalue weighted by atomic mass is 10.3. The van der Waals surface area contributed by atoms with Crippen LogP contribution < -0.4 is 4.90 Å². The highest BCUT2D eigenvalue weighted by Crippen LogP contribution is 2.19. The van der Waals surface area contributed by atoms with E-state index in [1.54, 1.807) is 9.58 Å². The lowest BCUT2D eigenvalue weighted by molar-refractivity contribution is 0.429. The van der Waals surface area contributed by atoms with Gasteiger partial charge in [-0.05, 0) is 12.1 Å². The van der Waals surface area contributed by atoms with Crippen molar-refractivity contribution in [1.82, 2.24) is 25.1 Å². The fraction of sp³-hybridized carbons (Fsp3) is 0.500. The fourth-order valence-corrected chi connectivity index (χ4v) is 1.10. The Morgan fingerprint density at radius 2 is 2.07 bits per heavy atom. The normalized spacial score (nSPS) is 10.7. The van der Waals surface area contributed by atoms with Gasteiger partial charge in [0.1, 0.15) is 0 Å². The first-order chi connectivity index (χ1) is 7.09. The van der Waals surface area contributed by atoms with Gasteiger partial charge in [-0.2, -0.15) is 4.98 Å². The van der Waals surface area contributed by atoms with Crippen LogP contribution in [0, 0.1) is 6.92 Å². The van der Waals surface area contributed by atoms with E-state index in [4.69, 9.17) is 4.52 Å². The molecule has 0 amide bonds. The standard InChI is InChI=1S/C8H12N6O/c1-5-6(10-12-14(5)4)7-9-8(11-15-7)13(2)3/h1-4H3. The number of aryl methyl sites for hydroxylation is 1. The van der Waals surface area contributed by atoms with Gasteiger partial charge in [0.2, 0.25) is 0 Å². The van der Waals surface area contributed by atoms with Crippen LogP contribution in [0.3, 0.4) is 0 Å². The quantitative estimate of drug-likeness (QED) is 0.703. The minimum absolute atomic E-state index is 0.393. The molecule has 0 radical (unpaired) electrons. The Morgan fingerprint density at radius 1 is 1.33 bits per heavy atom. The van der Waals surface area contributed by atoms with Crippen LogP contribution in [-0.4, -0.2) is 39.2 Å². The van der Waals surface area contributed by atoms with Crippen LogP contribution in [0.25, 0.3) is 11.6 Å². The second-order valence-electron chi connectivity index (χ2n) is 3.44. The minimum Gasteiger partial charge on any atom is -0.344 e. The average molecular weight is 208 g/mol. The predicted molar refractivity (Wildman–Crippen MR) is 53.4 cm³/mol. The Hall–Kier alpha value is -1.92. The summed E-state index contributed by atoms with van der Waals surface area (Å²) in [6.07, 6.45) is 0. The van der Waals surface area contributed by atoms with Gasteiger partial charge in [-0.1, -0.05) is 5.21 Å². The van der Waals surface area contributed by atoms with Gasteiger partial charge in [-0.3, -0.25) is 4.68 Å². The van der Waals surface area contributed by atoms with E-state index in [1.165, 1.54) is 0 Å². The van der Waals surface area contributed by atoms with Crippen LogP contribution in [0.1, 0.15) is 5.69 Å². The zero-order valence-corrected chi connectivity index (χ0v) is 9.09. The molecule has 7 nitrogen and oxygen atoms in total. The molecular formula is C8H12N6O. The van der Waals surface area contributed by atoms with Gasteiger partial charge in [-0.15, -0.1) is 5.10 Å². The minimum atomic E-state index is 0.393. The summed E-state index contributed by atoms with van der Waals surface area (Å²) >= 11 is 0. The van der Waals surface area contributed by atoms with Crippen LogP contribution >= 0.6 is 0 Å². The maximum Gasteiger partial charge on any atom is 0.281 e. The zero-order valence-electron chi connectivity index (χ0n) is 9.09. The highest BCUT2D eigenvalue weighted by Gasteiger charge is 2.16. The highest BCUT2D eigenvalue weighted by molar-refractivity contribution is 5.51. The van der Waals surface area contributed by atoms with Crippen molar-refractivity contribution >= 4 is 5.95 Å².